The van der Waals surface area contributed by atoms with Crippen molar-refractivity contribution in [3.8, 4) is 17.2 Å². The lowest BCUT2D eigenvalue weighted by atomic mass is 10.1. The van der Waals surface area contributed by atoms with Crippen molar-refractivity contribution >= 4 is 22.6 Å². The quantitative estimate of drug-likeness (QED) is 0.913. The van der Waals surface area contributed by atoms with E-state index in [1.165, 1.54) is 0 Å². The van der Waals surface area contributed by atoms with Crippen LogP contribution in [0.4, 0.5) is 0 Å². The number of methoxy groups -OCH3 is 1. The summed E-state index contributed by atoms with van der Waals surface area (Å²) in [5.74, 6) is 3.18. The number of nitrogens with zero attached hydrogens (tertiary/aromatic N) is 2. The van der Waals surface area contributed by atoms with Gasteiger partial charge in [-0.15, -0.1) is 0 Å². The number of thioether (sulfide) groups is 1. The fraction of sp³-hybridized carbons (Fsp3) is 0.222. The third-order valence-electron chi connectivity index (χ3n) is 3.90. The molecule has 25 heavy (non-hydrogen) atoms. The van der Waals surface area contributed by atoms with Crippen LogP contribution in [0.2, 0.25) is 0 Å². The summed E-state index contributed by atoms with van der Waals surface area (Å²) in [7, 11) is 1.66. The van der Waals surface area contributed by atoms with Crippen LogP contribution in [0, 0.1) is 0 Å². The monoisotopic (exact) mass is 355 g/mol. The van der Waals surface area contributed by atoms with Gasteiger partial charge in [0.25, 0.3) is 0 Å². The molecule has 2 aromatic carbocycles. The fourth-order valence-corrected chi connectivity index (χ4v) is 3.30. The van der Waals surface area contributed by atoms with Crippen molar-refractivity contribution in [2.24, 2.45) is 10.1 Å². The molecule has 0 aliphatic carbocycles. The molecule has 2 aromatic rings. The Bertz CT molecular complexity index is 834. The van der Waals surface area contributed by atoms with E-state index < -0.39 is 0 Å². The predicted molar refractivity (Wildman–Crippen MR) is 98.8 cm³/mol. The van der Waals surface area contributed by atoms with Crippen molar-refractivity contribution in [3.05, 3.63) is 53.6 Å². The maximum atomic E-state index is 5.39. The minimum atomic E-state index is 0.285. The molecule has 0 saturated heterocycles. The summed E-state index contributed by atoms with van der Waals surface area (Å²) in [6.45, 7) is 0.854. The van der Waals surface area contributed by atoms with E-state index in [0.717, 1.165) is 45.0 Å². The molecule has 0 aromatic heterocycles. The van der Waals surface area contributed by atoms with E-state index in [9.17, 15) is 0 Å². The van der Waals surface area contributed by atoms with Crippen LogP contribution in [0.1, 0.15) is 11.1 Å². The highest BCUT2D eigenvalue weighted by Crippen LogP contribution is 2.32. The third-order valence-corrected chi connectivity index (χ3v) is 4.81. The normalized spacial score (nSPS) is 17.2. The molecular formula is C18H17N3O3S. The van der Waals surface area contributed by atoms with Crippen molar-refractivity contribution in [3.63, 3.8) is 0 Å². The summed E-state index contributed by atoms with van der Waals surface area (Å²) in [6, 6.07) is 13.8. The van der Waals surface area contributed by atoms with E-state index >= 15 is 0 Å². The van der Waals surface area contributed by atoms with Gasteiger partial charge in [0.05, 0.1) is 19.4 Å². The smallest absolute Gasteiger partial charge is 0.231 e. The molecule has 0 fully saturated rings. The number of fused-ring (bicyclic) bond motifs is 1. The Morgan fingerprint density at radius 1 is 1.16 bits per heavy atom. The fourth-order valence-electron chi connectivity index (χ4n) is 2.53. The zero-order chi connectivity index (χ0) is 17.1. The number of hydrogen-bond donors (Lipinski definition) is 1. The van der Waals surface area contributed by atoms with Crippen molar-refractivity contribution in [1.82, 2.24) is 5.43 Å². The summed E-state index contributed by atoms with van der Waals surface area (Å²) < 4.78 is 15.9. The average Bonchev–Trinajstić information content (AvgIpc) is 3.15. The average molecular weight is 355 g/mol. The molecule has 6 nitrogen and oxygen atoms in total. The third kappa shape index (κ3) is 3.56. The van der Waals surface area contributed by atoms with Crippen LogP contribution < -0.4 is 19.6 Å². The number of nitrogens with one attached hydrogen (secondary N) is 1. The maximum Gasteiger partial charge on any atom is 0.231 e. The molecule has 128 valence electrons. The summed E-state index contributed by atoms with van der Waals surface area (Å²) in [5.41, 5.74) is 6.18. The van der Waals surface area contributed by atoms with Crippen LogP contribution >= 0.6 is 11.8 Å². The molecule has 2 aliphatic heterocycles. The number of amidine groups is 1. The van der Waals surface area contributed by atoms with E-state index in [0.29, 0.717) is 6.54 Å². The molecule has 0 amide bonds. The molecule has 7 heteroatoms. The van der Waals surface area contributed by atoms with Crippen LogP contribution in [-0.2, 0) is 6.54 Å². The van der Waals surface area contributed by atoms with Gasteiger partial charge in [0.1, 0.15) is 5.75 Å². The highest BCUT2D eigenvalue weighted by Gasteiger charge is 2.15. The Hall–Kier alpha value is -2.67. The van der Waals surface area contributed by atoms with Gasteiger partial charge in [-0.1, -0.05) is 17.8 Å². The van der Waals surface area contributed by atoms with Crippen molar-refractivity contribution < 1.29 is 14.2 Å². The van der Waals surface area contributed by atoms with E-state index in [1.54, 1.807) is 18.9 Å². The molecular weight excluding hydrogens is 338 g/mol. The molecule has 2 aliphatic rings. The van der Waals surface area contributed by atoms with Crippen LogP contribution in [0.25, 0.3) is 0 Å². The van der Waals surface area contributed by atoms with E-state index in [1.807, 2.05) is 42.5 Å². The molecule has 0 radical (unpaired) electrons. The second-order valence-corrected chi connectivity index (χ2v) is 6.46. The van der Waals surface area contributed by atoms with E-state index in [4.69, 9.17) is 14.2 Å². The van der Waals surface area contributed by atoms with Crippen LogP contribution in [0.15, 0.2) is 52.6 Å². The molecule has 0 spiro atoms. The minimum Gasteiger partial charge on any atom is -0.497 e. The lowest BCUT2D eigenvalue weighted by molar-refractivity contribution is 0.174. The maximum absolute atomic E-state index is 5.39. The Labute approximate surface area is 149 Å². The highest BCUT2D eigenvalue weighted by molar-refractivity contribution is 8.14. The molecule has 0 unspecified atom stereocenters. The largest absolute Gasteiger partial charge is 0.497 e. The van der Waals surface area contributed by atoms with Gasteiger partial charge in [-0.2, -0.15) is 5.10 Å². The van der Waals surface area contributed by atoms with Gasteiger partial charge in [-0.05, 0) is 47.5 Å². The number of hydrazone groups is 1. The number of hydrogen-bond acceptors (Lipinski definition) is 6. The first-order chi connectivity index (χ1) is 12.3. The highest BCUT2D eigenvalue weighted by atomic mass is 32.2. The van der Waals surface area contributed by atoms with Crippen molar-refractivity contribution in [1.29, 1.82) is 0 Å². The number of ether oxygens (including phenoxy) is 3. The summed E-state index contributed by atoms with van der Waals surface area (Å²) in [5, 5.41) is 5.25. The Kier molecular flexibility index (Phi) is 4.47. The summed E-state index contributed by atoms with van der Waals surface area (Å²) in [4.78, 5) is 4.58. The van der Waals surface area contributed by atoms with Gasteiger partial charge < -0.3 is 14.2 Å². The summed E-state index contributed by atoms with van der Waals surface area (Å²) in [6.07, 6.45) is 0. The van der Waals surface area contributed by atoms with Crippen LogP contribution in [0.5, 0.6) is 17.2 Å². The number of aliphatic imine (C=N–C) groups is 1. The second-order valence-electron chi connectivity index (χ2n) is 5.50. The molecule has 0 bridgehead atoms. The molecule has 2 heterocycles. The van der Waals surface area contributed by atoms with Crippen LogP contribution in [0.3, 0.4) is 0 Å². The first-order valence-electron chi connectivity index (χ1n) is 7.84. The Morgan fingerprint density at radius 3 is 2.76 bits per heavy atom. The Morgan fingerprint density at radius 2 is 2.00 bits per heavy atom. The lowest BCUT2D eigenvalue weighted by Gasteiger charge is -2.15. The first-order valence-corrected chi connectivity index (χ1v) is 8.83. The van der Waals surface area contributed by atoms with Gasteiger partial charge in [-0.3, -0.25) is 10.4 Å². The van der Waals surface area contributed by atoms with Gasteiger partial charge in [0.15, 0.2) is 16.7 Å². The second kappa shape index (κ2) is 7.06. The zero-order valence-electron chi connectivity index (χ0n) is 13.7. The van der Waals surface area contributed by atoms with E-state index in [-0.39, 0.29) is 6.79 Å². The number of benzene rings is 2. The van der Waals surface area contributed by atoms with Crippen molar-refractivity contribution in [2.75, 3.05) is 19.7 Å². The summed E-state index contributed by atoms with van der Waals surface area (Å²) >= 11 is 1.64. The lowest BCUT2D eigenvalue weighted by Crippen LogP contribution is -2.25. The standard InChI is InChI=1S/C18H17N3O3S/c1-22-14-5-3-13(4-6-14)15-10-25-18(21-20-15)19-9-12-2-7-16-17(8-12)24-11-23-16/h2-8H,9-11H2,1H3,(H,19,21). The molecule has 1 N–H and O–H groups in total. The molecule has 0 saturated carbocycles. The molecule has 0 atom stereocenters. The van der Waals surface area contributed by atoms with Gasteiger partial charge in [-0.25, -0.2) is 0 Å². The predicted octanol–water partition coefficient (Wildman–Crippen LogP) is 3.02. The van der Waals surface area contributed by atoms with Crippen molar-refractivity contribution in [2.45, 2.75) is 6.54 Å². The minimum absolute atomic E-state index is 0.285. The van der Waals surface area contributed by atoms with Gasteiger partial charge in [0, 0.05) is 5.75 Å². The van der Waals surface area contributed by atoms with Gasteiger partial charge >= 0.3 is 0 Å². The van der Waals surface area contributed by atoms with Gasteiger partial charge in [0.2, 0.25) is 6.79 Å². The topological polar surface area (TPSA) is 64.4 Å². The van der Waals surface area contributed by atoms with Crippen LogP contribution in [-0.4, -0.2) is 30.5 Å². The van der Waals surface area contributed by atoms with E-state index in [2.05, 4.69) is 15.5 Å². The number of rotatable bonds is 4. The molecule has 4 rings (SSSR count). The Balaban J connectivity index is 1.40. The zero-order valence-corrected chi connectivity index (χ0v) is 14.5. The first kappa shape index (κ1) is 15.8. The SMILES string of the molecule is COc1ccc(C2=NNC(=NCc3ccc4c(c3)OCO4)SC2)cc1.